The Labute approximate surface area is 424 Å². The van der Waals surface area contributed by atoms with Gasteiger partial charge in [0.2, 0.25) is 0 Å². The van der Waals surface area contributed by atoms with E-state index in [-0.39, 0.29) is 5.41 Å². The highest BCUT2D eigenvalue weighted by molar-refractivity contribution is 6.29. The molecule has 0 aromatic heterocycles. The summed E-state index contributed by atoms with van der Waals surface area (Å²) in [4.78, 5) is 5.18. The van der Waals surface area contributed by atoms with Gasteiger partial charge < -0.3 is 9.80 Å². The molecule has 2 heteroatoms. The molecule has 0 aliphatic rings. The molecule has 346 valence electrons. The summed E-state index contributed by atoms with van der Waals surface area (Å²) >= 11 is 0. The fourth-order valence-corrected chi connectivity index (χ4v) is 11.1. The van der Waals surface area contributed by atoms with Gasteiger partial charge in [-0.05, 0) is 92.6 Å². The van der Waals surface area contributed by atoms with Crippen LogP contribution < -0.4 is 9.80 Å². The van der Waals surface area contributed by atoms with Crippen LogP contribution in [0.25, 0.3) is 76.8 Å². The Morgan fingerprint density at radius 1 is 0.292 bits per heavy atom. The number of rotatable bonds is 10. The van der Waals surface area contributed by atoms with Gasteiger partial charge in [-0.1, -0.05) is 251 Å². The zero-order chi connectivity index (χ0) is 48.9. The van der Waals surface area contributed by atoms with E-state index in [0.717, 1.165) is 78.6 Å². The molecule has 12 aromatic carbocycles. The number of hydrogen-bond acceptors (Lipinski definition) is 2. The second-order valence-corrected chi connectivity index (χ2v) is 20.2. The van der Waals surface area contributed by atoms with Gasteiger partial charge in [-0.3, -0.25) is 0 Å². The van der Waals surface area contributed by atoms with Crippen LogP contribution in [0.3, 0.4) is 0 Å². The van der Waals surface area contributed by atoms with E-state index in [9.17, 15) is 0 Å². The number of benzene rings is 12. The van der Waals surface area contributed by atoms with Crippen molar-refractivity contribution in [3.63, 3.8) is 0 Å². The molecule has 0 bridgehead atoms. The van der Waals surface area contributed by atoms with E-state index in [2.05, 4.69) is 293 Å². The van der Waals surface area contributed by atoms with E-state index in [4.69, 9.17) is 0 Å². The maximum absolute atomic E-state index is 2.59. The van der Waals surface area contributed by atoms with Crippen molar-refractivity contribution in [1.82, 2.24) is 0 Å². The van der Waals surface area contributed by atoms with Crippen molar-refractivity contribution in [3.05, 3.63) is 265 Å². The molecule has 0 aliphatic carbocycles. The van der Waals surface area contributed by atoms with Gasteiger partial charge in [-0.15, -0.1) is 0 Å². The number of anilines is 6. The molecule has 0 saturated carbocycles. The molecular weight excluding hydrogens is 869 g/mol. The first-order valence-corrected chi connectivity index (χ1v) is 25.2. The van der Waals surface area contributed by atoms with Crippen molar-refractivity contribution >= 4 is 66.4 Å². The summed E-state index contributed by atoms with van der Waals surface area (Å²) in [5.41, 5.74) is 19.6. The molecule has 2 nitrogen and oxygen atoms in total. The monoisotopic (exact) mass is 924 g/mol. The first kappa shape index (κ1) is 44.5. The molecule has 0 radical (unpaired) electrons. The van der Waals surface area contributed by atoms with E-state index >= 15 is 0 Å². The van der Waals surface area contributed by atoms with Crippen molar-refractivity contribution in [2.24, 2.45) is 0 Å². The minimum absolute atomic E-state index is 0.0337. The van der Waals surface area contributed by atoms with Crippen molar-refractivity contribution in [3.8, 4) is 44.5 Å². The summed E-state index contributed by atoms with van der Waals surface area (Å²) in [5.74, 6) is 0. The van der Waals surface area contributed by atoms with Crippen LogP contribution in [-0.2, 0) is 5.41 Å². The minimum Gasteiger partial charge on any atom is -0.308 e. The zero-order valence-electron chi connectivity index (χ0n) is 41.6. The lowest BCUT2D eigenvalue weighted by molar-refractivity contribution is 0.591. The van der Waals surface area contributed by atoms with Crippen LogP contribution in [0.5, 0.6) is 0 Å². The van der Waals surface area contributed by atoms with Crippen LogP contribution in [0.2, 0.25) is 0 Å². The Balaban J connectivity index is 1.29. The first-order chi connectivity index (χ1) is 35.2. The fraction of sp³-hybridized carbons (Fsp3) is 0.0857. The minimum atomic E-state index is -0.0337. The van der Waals surface area contributed by atoms with Gasteiger partial charge in [0.25, 0.3) is 0 Å². The molecular formula is C70H56N2. The maximum atomic E-state index is 2.59. The second-order valence-electron chi connectivity index (χ2n) is 20.2. The molecule has 72 heavy (non-hydrogen) atoms. The standard InChI is InChI=1S/C70H56N2/c1-47-24-22-36-58(51-30-14-8-15-31-51)68(47)71(62-38-20-18-34-56(62)49-26-10-6-11-27-49)64-46-65(61-43-41-54-45-55(70(3,4)5)44-53-40-42-60(64)67(61)66(53)54)72(63-39-21-19-35-57(63)50-28-12-7-13-29-50)69-48(2)25-23-37-59(69)52-32-16-9-17-33-52/h6-46H,1-5H3. The Kier molecular flexibility index (Phi) is 11.3. The molecule has 0 fully saturated rings. The fourth-order valence-electron chi connectivity index (χ4n) is 11.1. The average molecular weight is 925 g/mol. The van der Waals surface area contributed by atoms with Gasteiger partial charge in [0.1, 0.15) is 0 Å². The number of para-hydroxylation sites is 4. The highest BCUT2D eigenvalue weighted by Crippen LogP contribution is 2.55. The average Bonchev–Trinajstić information content (AvgIpc) is 3.43. The molecule has 0 aliphatic heterocycles. The molecule has 12 rings (SSSR count). The third-order valence-corrected chi connectivity index (χ3v) is 14.6. The topological polar surface area (TPSA) is 6.48 Å². The van der Waals surface area contributed by atoms with Crippen LogP contribution in [0.1, 0.15) is 37.5 Å². The van der Waals surface area contributed by atoms with Crippen LogP contribution in [-0.4, -0.2) is 0 Å². The largest absolute Gasteiger partial charge is 0.308 e. The summed E-state index contributed by atoms with van der Waals surface area (Å²) in [5, 5.41) is 7.37. The van der Waals surface area contributed by atoms with E-state index in [1.54, 1.807) is 0 Å². The molecule has 12 aromatic rings. The molecule has 0 atom stereocenters. The summed E-state index contributed by atoms with van der Waals surface area (Å²) in [6.45, 7) is 11.5. The van der Waals surface area contributed by atoms with Crippen LogP contribution >= 0.6 is 0 Å². The van der Waals surface area contributed by atoms with Gasteiger partial charge in [-0.2, -0.15) is 0 Å². The Hall–Kier alpha value is -8.72. The lowest BCUT2D eigenvalue weighted by Gasteiger charge is -2.36. The molecule has 0 saturated heterocycles. The smallest absolute Gasteiger partial charge is 0.0569 e. The normalized spacial score (nSPS) is 11.7. The van der Waals surface area contributed by atoms with Crippen LogP contribution in [0.15, 0.2) is 249 Å². The number of nitrogens with zero attached hydrogens (tertiary/aromatic N) is 2. The zero-order valence-corrected chi connectivity index (χ0v) is 41.6. The number of aryl methyl sites for hydroxylation is 2. The highest BCUT2D eigenvalue weighted by Gasteiger charge is 2.30. The Morgan fingerprint density at radius 2 is 0.639 bits per heavy atom. The lowest BCUT2D eigenvalue weighted by Crippen LogP contribution is -2.18. The molecule has 0 spiro atoms. The van der Waals surface area contributed by atoms with E-state index in [1.165, 1.54) is 49.0 Å². The quantitative estimate of drug-likeness (QED) is 0.126. The predicted molar refractivity (Wildman–Crippen MR) is 309 cm³/mol. The summed E-state index contributed by atoms with van der Waals surface area (Å²) < 4.78 is 0. The molecule has 0 N–H and O–H groups in total. The van der Waals surface area contributed by atoms with Crippen LogP contribution in [0.4, 0.5) is 34.1 Å². The first-order valence-electron chi connectivity index (χ1n) is 25.2. The molecule has 0 heterocycles. The van der Waals surface area contributed by atoms with Gasteiger partial charge in [0, 0.05) is 38.4 Å². The molecule has 0 unspecified atom stereocenters. The van der Waals surface area contributed by atoms with Gasteiger partial charge in [-0.25, -0.2) is 0 Å². The van der Waals surface area contributed by atoms with E-state index < -0.39 is 0 Å². The van der Waals surface area contributed by atoms with Gasteiger partial charge >= 0.3 is 0 Å². The summed E-state index contributed by atoms with van der Waals surface area (Å²) in [7, 11) is 0. The van der Waals surface area contributed by atoms with Gasteiger partial charge in [0.15, 0.2) is 0 Å². The molecule has 0 amide bonds. The summed E-state index contributed by atoms with van der Waals surface area (Å²) in [6.07, 6.45) is 0. The third kappa shape index (κ3) is 7.77. The Bertz CT molecular complexity index is 3660. The van der Waals surface area contributed by atoms with Gasteiger partial charge in [0.05, 0.1) is 34.1 Å². The highest BCUT2D eigenvalue weighted by atomic mass is 15.2. The summed E-state index contributed by atoms with van der Waals surface area (Å²) in [6, 6.07) is 91.9. The van der Waals surface area contributed by atoms with Crippen molar-refractivity contribution < 1.29 is 0 Å². The van der Waals surface area contributed by atoms with Crippen molar-refractivity contribution in [1.29, 1.82) is 0 Å². The lowest BCUT2D eigenvalue weighted by atomic mass is 9.83. The Morgan fingerprint density at radius 3 is 1.03 bits per heavy atom. The second kappa shape index (κ2) is 18.2. The predicted octanol–water partition coefficient (Wildman–Crippen LogP) is 20.1. The number of hydrogen-bond donors (Lipinski definition) is 0. The van der Waals surface area contributed by atoms with Crippen molar-refractivity contribution in [2.75, 3.05) is 9.80 Å². The van der Waals surface area contributed by atoms with E-state index in [1.807, 2.05) is 0 Å². The van der Waals surface area contributed by atoms with Crippen LogP contribution in [0, 0.1) is 13.8 Å². The third-order valence-electron chi connectivity index (χ3n) is 14.6. The van der Waals surface area contributed by atoms with E-state index in [0.29, 0.717) is 0 Å². The van der Waals surface area contributed by atoms with Crippen molar-refractivity contribution in [2.45, 2.75) is 40.0 Å². The maximum Gasteiger partial charge on any atom is 0.0569 e. The SMILES string of the molecule is Cc1cccc(-c2ccccc2)c1N(c1ccccc1-c1ccccc1)c1cc(N(c2ccccc2-c2ccccc2)c2c(C)cccc2-c2ccccc2)c2ccc3cc(C(C)(C)C)cc4ccc1c2c43.